The number of aromatic nitrogens is 1. The molecular weight excluding hydrogens is 278 g/mol. The van der Waals surface area contributed by atoms with Crippen molar-refractivity contribution in [3.05, 3.63) is 29.6 Å². The molecule has 1 aromatic heterocycles. The molecule has 0 saturated carbocycles. The van der Waals surface area contributed by atoms with Crippen LogP contribution in [0.3, 0.4) is 0 Å². The number of urea groups is 1. The third-order valence-corrected chi connectivity index (χ3v) is 2.87. The van der Waals surface area contributed by atoms with E-state index in [4.69, 9.17) is 14.6 Å². The number of ether oxygens (including phenoxy) is 2. The van der Waals surface area contributed by atoms with E-state index in [1.54, 1.807) is 0 Å². The van der Waals surface area contributed by atoms with E-state index in [0.29, 0.717) is 32.1 Å². The highest BCUT2D eigenvalue weighted by atomic mass is 16.6. The SMILES string of the molecule is O=C(NCc1cc(C(=O)O)ccn1)NCC1COCCO1. The van der Waals surface area contributed by atoms with Crippen molar-refractivity contribution in [1.82, 2.24) is 15.6 Å². The van der Waals surface area contributed by atoms with Gasteiger partial charge in [0.1, 0.15) is 0 Å². The fraction of sp³-hybridized carbons (Fsp3) is 0.462. The summed E-state index contributed by atoms with van der Waals surface area (Å²) >= 11 is 0. The largest absolute Gasteiger partial charge is 0.478 e. The minimum Gasteiger partial charge on any atom is -0.478 e. The first-order valence-electron chi connectivity index (χ1n) is 6.54. The van der Waals surface area contributed by atoms with E-state index >= 15 is 0 Å². The first kappa shape index (κ1) is 15.2. The Labute approximate surface area is 121 Å². The zero-order valence-electron chi connectivity index (χ0n) is 11.4. The van der Waals surface area contributed by atoms with Gasteiger partial charge < -0.3 is 25.2 Å². The fourth-order valence-electron chi connectivity index (χ4n) is 1.80. The fourth-order valence-corrected chi connectivity index (χ4v) is 1.80. The summed E-state index contributed by atoms with van der Waals surface area (Å²) in [6.07, 6.45) is 1.25. The number of hydrogen-bond acceptors (Lipinski definition) is 5. The molecule has 1 aliphatic heterocycles. The van der Waals surface area contributed by atoms with Crippen molar-refractivity contribution >= 4 is 12.0 Å². The van der Waals surface area contributed by atoms with Gasteiger partial charge in [0.05, 0.1) is 43.7 Å². The third kappa shape index (κ3) is 5.01. The van der Waals surface area contributed by atoms with Gasteiger partial charge in [-0.2, -0.15) is 0 Å². The van der Waals surface area contributed by atoms with Crippen molar-refractivity contribution in [3.8, 4) is 0 Å². The number of carboxylic acids is 1. The van der Waals surface area contributed by atoms with Gasteiger partial charge in [0.25, 0.3) is 0 Å². The average Bonchev–Trinajstić information content (AvgIpc) is 2.52. The predicted octanol–water partition coefficient (Wildman–Crippen LogP) is -0.00560. The first-order valence-corrected chi connectivity index (χ1v) is 6.54. The van der Waals surface area contributed by atoms with Gasteiger partial charge in [-0.3, -0.25) is 4.98 Å². The van der Waals surface area contributed by atoms with E-state index in [-0.39, 0.29) is 24.2 Å². The third-order valence-electron chi connectivity index (χ3n) is 2.87. The molecule has 1 aromatic rings. The number of hydrogen-bond donors (Lipinski definition) is 3. The molecule has 2 rings (SSSR count). The molecule has 2 amide bonds. The second-order valence-electron chi connectivity index (χ2n) is 4.47. The summed E-state index contributed by atoms with van der Waals surface area (Å²) in [5, 5.41) is 14.1. The highest BCUT2D eigenvalue weighted by Crippen LogP contribution is 2.02. The Hall–Kier alpha value is -2.19. The topological polar surface area (TPSA) is 110 Å². The normalized spacial score (nSPS) is 18.0. The summed E-state index contributed by atoms with van der Waals surface area (Å²) < 4.78 is 10.6. The van der Waals surface area contributed by atoms with Crippen LogP contribution < -0.4 is 10.6 Å². The lowest BCUT2D eigenvalue weighted by Crippen LogP contribution is -2.43. The standard InChI is InChI=1S/C13H17N3O5/c17-12(18)9-1-2-14-10(5-9)6-15-13(19)16-7-11-8-20-3-4-21-11/h1-2,5,11H,3-4,6-8H2,(H,17,18)(H2,15,16,19). The molecule has 0 spiro atoms. The molecule has 1 saturated heterocycles. The van der Waals surface area contributed by atoms with Crippen LogP contribution in [0.2, 0.25) is 0 Å². The molecule has 0 aliphatic carbocycles. The Morgan fingerprint density at radius 3 is 2.95 bits per heavy atom. The van der Waals surface area contributed by atoms with E-state index < -0.39 is 5.97 Å². The molecule has 114 valence electrons. The number of amides is 2. The van der Waals surface area contributed by atoms with Crippen LogP contribution in [0.5, 0.6) is 0 Å². The monoisotopic (exact) mass is 295 g/mol. The van der Waals surface area contributed by atoms with Crippen LogP contribution in [0, 0.1) is 0 Å². The molecule has 0 aromatic carbocycles. The van der Waals surface area contributed by atoms with Gasteiger partial charge >= 0.3 is 12.0 Å². The van der Waals surface area contributed by atoms with Crippen molar-refractivity contribution in [1.29, 1.82) is 0 Å². The minimum absolute atomic E-state index is 0.134. The lowest BCUT2D eigenvalue weighted by atomic mass is 10.2. The number of carbonyl (C=O) groups excluding carboxylic acids is 1. The number of carboxylic acid groups (broad SMARTS) is 1. The molecule has 2 heterocycles. The number of rotatable bonds is 5. The smallest absolute Gasteiger partial charge is 0.335 e. The highest BCUT2D eigenvalue weighted by Gasteiger charge is 2.15. The van der Waals surface area contributed by atoms with Crippen molar-refractivity contribution in [3.63, 3.8) is 0 Å². The van der Waals surface area contributed by atoms with Crippen LogP contribution in [-0.2, 0) is 16.0 Å². The Kier molecular flexibility index (Phi) is 5.47. The van der Waals surface area contributed by atoms with Crippen molar-refractivity contribution in [2.24, 2.45) is 0 Å². The highest BCUT2D eigenvalue weighted by molar-refractivity contribution is 5.87. The Balaban J connectivity index is 1.73. The second-order valence-corrected chi connectivity index (χ2v) is 4.47. The molecule has 8 nitrogen and oxygen atoms in total. The van der Waals surface area contributed by atoms with Crippen LogP contribution in [-0.4, -0.2) is 54.6 Å². The van der Waals surface area contributed by atoms with Crippen molar-refractivity contribution < 1.29 is 24.2 Å². The molecule has 0 radical (unpaired) electrons. The van der Waals surface area contributed by atoms with Crippen LogP contribution in [0.1, 0.15) is 16.1 Å². The van der Waals surface area contributed by atoms with Gasteiger partial charge in [0.15, 0.2) is 0 Å². The van der Waals surface area contributed by atoms with Crippen molar-refractivity contribution in [2.45, 2.75) is 12.6 Å². The molecular formula is C13H17N3O5. The maximum atomic E-state index is 11.6. The molecule has 21 heavy (non-hydrogen) atoms. The van der Waals surface area contributed by atoms with Crippen LogP contribution in [0.15, 0.2) is 18.3 Å². The zero-order chi connectivity index (χ0) is 15.1. The van der Waals surface area contributed by atoms with Crippen LogP contribution in [0.25, 0.3) is 0 Å². The van der Waals surface area contributed by atoms with E-state index in [9.17, 15) is 9.59 Å². The number of aromatic carboxylic acids is 1. The van der Waals surface area contributed by atoms with Gasteiger partial charge in [0.2, 0.25) is 0 Å². The van der Waals surface area contributed by atoms with Gasteiger partial charge in [-0.05, 0) is 12.1 Å². The first-order chi connectivity index (χ1) is 10.1. The summed E-state index contributed by atoms with van der Waals surface area (Å²) in [5.41, 5.74) is 0.609. The predicted molar refractivity (Wildman–Crippen MR) is 72.0 cm³/mol. The molecule has 1 aliphatic rings. The molecule has 8 heteroatoms. The van der Waals surface area contributed by atoms with Crippen LogP contribution in [0.4, 0.5) is 4.79 Å². The van der Waals surface area contributed by atoms with E-state index in [2.05, 4.69) is 15.6 Å². The molecule has 1 unspecified atom stereocenters. The van der Waals surface area contributed by atoms with E-state index in [1.807, 2.05) is 0 Å². The van der Waals surface area contributed by atoms with Gasteiger partial charge in [-0.1, -0.05) is 0 Å². The summed E-state index contributed by atoms with van der Waals surface area (Å²) in [6.45, 7) is 2.07. The summed E-state index contributed by atoms with van der Waals surface area (Å²) in [4.78, 5) is 26.4. The minimum atomic E-state index is -1.03. The Morgan fingerprint density at radius 1 is 1.38 bits per heavy atom. The van der Waals surface area contributed by atoms with Crippen LogP contribution >= 0.6 is 0 Å². The lowest BCUT2D eigenvalue weighted by Gasteiger charge is -2.23. The quantitative estimate of drug-likeness (QED) is 0.705. The molecule has 1 fully saturated rings. The number of nitrogens with one attached hydrogen (secondary N) is 2. The maximum absolute atomic E-state index is 11.6. The Bertz CT molecular complexity index is 502. The zero-order valence-corrected chi connectivity index (χ0v) is 11.4. The molecule has 3 N–H and O–H groups in total. The number of carbonyl (C=O) groups is 2. The van der Waals surface area contributed by atoms with Gasteiger partial charge in [-0.15, -0.1) is 0 Å². The Morgan fingerprint density at radius 2 is 2.24 bits per heavy atom. The summed E-state index contributed by atoms with van der Waals surface area (Å²) in [6, 6.07) is 2.44. The van der Waals surface area contributed by atoms with E-state index in [1.165, 1.54) is 18.3 Å². The summed E-state index contributed by atoms with van der Waals surface area (Å²) in [7, 11) is 0. The van der Waals surface area contributed by atoms with Gasteiger partial charge in [-0.25, -0.2) is 9.59 Å². The number of pyridine rings is 1. The van der Waals surface area contributed by atoms with Crippen molar-refractivity contribution in [2.75, 3.05) is 26.4 Å². The molecule has 1 atom stereocenters. The average molecular weight is 295 g/mol. The lowest BCUT2D eigenvalue weighted by molar-refractivity contribution is -0.0853. The molecule has 0 bridgehead atoms. The maximum Gasteiger partial charge on any atom is 0.335 e. The van der Waals surface area contributed by atoms with E-state index in [0.717, 1.165) is 0 Å². The second kappa shape index (κ2) is 7.55. The van der Waals surface area contributed by atoms with Gasteiger partial charge in [0, 0.05) is 12.7 Å². The number of nitrogens with zero attached hydrogens (tertiary/aromatic N) is 1. The summed E-state index contributed by atoms with van der Waals surface area (Å²) in [5.74, 6) is -1.03.